The maximum absolute atomic E-state index is 12.6. The first-order chi connectivity index (χ1) is 14.8. The molecule has 0 aliphatic carbocycles. The number of methoxy groups -OCH3 is 1. The normalized spacial score (nSPS) is 14.8. The zero-order valence-electron chi connectivity index (χ0n) is 16.9. The van der Waals surface area contributed by atoms with Gasteiger partial charge in [0.15, 0.2) is 18.1 Å². The van der Waals surface area contributed by atoms with E-state index < -0.39 is 17.6 Å². The number of rotatable bonds is 6. The SMILES string of the molecule is COc1ccccc1OCC(=O)N1CCC(NC(=O)c2ccc(C(F)(F)F)cc2)CC1. The van der Waals surface area contributed by atoms with Crippen LogP contribution in [0.1, 0.15) is 28.8 Å². The summed E-state index contributed by atoms with van der Waals surface area (Å²) in [5, 5.41) is 2.82. The van der Waals surface area contributed by atoms with E-state index in [1.54, 1.807) is 29.2 Å². The molecular weight excluding hydrogens is 413 g/mol. The Balaban J connectivity index is 1.45. The number of piperidine rings is 1. The average molecular weight is 436 g/mol. The van der Waals surface area contributed by atoms with Crippen LogP contribution >= 0.6 is 0 Å². The van der Waals surface area contributed by atoms with Gasteiger partial charge >= 0.3 is 6.18 Å². The van der Waals surface area contributed by atoms with Crippen molar-refractivity contribution >= 4 is 11.8 Å². The number of halogens is 3. The standard InChI is InChI=1S/C22H23F3N2O4/c1-30-18-4-2-3-5-19(18)31-14-20(28)27-12-10-17(11-13-27)26-21(29)15-6-8-16(9-7-15)22(23,24)25/h2-9,17H,10-14H2,1H3,(H,26,29). The molecule has 1 saturated heterocycles. The summed E-state index contributed by atoms with van der Waals surface area (Å²) in [6.07, 6.45) is -3.34. The molecule has 0 radical (unpaired) electrons. The van der Waals surface area contributed by atoms with E-state index in [1.807, 2.05) is 0 Å². The first-order valence-corrected chi connectivity index (χ1v) is 9.79. The quantitative estimate of drug-likeness (QED) is 0.753. The number of likely N-dealkylation sites (tertiary alicyclic amines) is 1. The van der Waals surface area contributed by atoms with Gasteiger partial charge in [-0.2, -0.15) is 13.2 Å². The first kappa shape index (κ1) is 22.5. The number of alkyl halides is 3. The lowest BCUT2D eigenvalue weighted by molar-refractivity contribution is -0.137. The Labute approximate surface area is 177 Å². The van der Waals surface area contributed by atoms with Gasteiger partial charge in [0.25, 0.3) is 11.8 Å². The molecule has 3 rings (SSSR count). The van der Waals surface area contributed by atoms with E-state index in [0.717, 1.165) is 24.3 Å². The molecule has 1 N–H and O–H groups in total. The van der Waals surface area contributed by atoms with Crippen LogP contribution in [-0.4, -0.2) is 49.6 Å². The summed E-state index contributed by atoms with van der Waals surface area (Å²) in [4.78, 5) is 26.4. The summed E-state index contributed by atoms with van der Waals surface area (Å²) < 4.78 is 48.7. The van der Waals surface area contributed by atoms with Crippen molar-refractivity contribution in [2.75, 3.05) is 26.8 Å². The van der Waals surface area contributed by atoms with Gasteiger partial charge in [0.1, 0.15) is 0 Å². The van der Waals surface area contributed by atoms with Crippen LogP contribution in [0.5, 0.6) is 11.5 Å². The third-order valence-electron chi connectivity index (χ3n) is 5.08. The van der Waals surface area contributed by atoms with E-state index in [2.05, 4.69) is 5.32 Å². The highest BCUT2D eigenvalue weighted by Crippen LogP contribution is 2.29. The molecule has 0 bridgehead atoms. The summed E-state index contributed by atoms with van der Waals surface area (Å²) in [5.74, 6) is 0.424. The van der Waals surface area contributed by atoms with Gasteiger partial charge in [0.05, 0.1) is 12.7 Å². The molecule has 1 aliphatic rings. The Bertz CT molecular complexity index is 908. The van der Waals surface area contributed by atoms with Crippen molar-refractivity contribution in [3.8, 4) is 11.5 Å². The van der Waals surface area contributed by atoms with Crippen LogP contribution in [0.25, 0.3) is 0 Å². The van der Waals surface area contributed by atoms with Crippen LogP contribution < -0.4 is 14.8 Å². The Morgan fingerprint density at radius 1 is 1.03 bits per heavy atom. The maximum Gasteiger partial charge on any atom is 0.416 e. The van der Waals surface area contributed by atoms with Gasteiger partial charge in [0, 0.05) is 24.7 Å². The molecule has 1 heterocycles. The number of hydrogen-bond acceptors (Lipinski definition) is 4. The molecule has 2 aromatic rings. The highest BCUT2D eigenvalue weighted by molar-refractivity contribution is 5.94. The van der Waals surface area contributed by atoms with Gasteiger partial charge in [0.2, 0.25) is 0 Å². The first-order valence-electron chi connectivity index (χ1n) is 9.79. The molecule has 1 fully saturated rings. The topological polar surface area (TPSA) is 67.9 Å². The van der Waals surface area contributed by atoms with E-state index >= 15 is 0 Å². The number of carbonyl (C=O) groups is 2. The smallest absolute Gasteiger partial charge is 0.416 e. The fourth-order valence-electron chi connectivity index (χ4n) is 3.32. The van der Waals surface area contributed by atoms with E-state index in [1.165, 1.54) is 7.11 Å². The molecule has 6 nitrogen and oxygen atoms in total. The number of nitrogens with zero attached hydrogens (tertiary/aromatic N) is 1. The number of benzene rings is 2. The van der Waals surface area contributed by atoms with Crippen LogP contribution in [0, 0.1) is 0 Å². The number of hydrogen-bond donors (Lipinski definition) is 1. The van der Waals surface area contributed by atoms with Gasteiger partial charge in [-0.1, -0.05) is 12.1 Å². The second-order valence-corrected chi connectivity index (χ2v) is 7.14. The van der Waals surface area contributed by atoms with Crippen molar-refractivity contribution in [3.05, 3.63) is 59.7 Å². The Hall–Kier alpha value is -3.23. The number of ether oxygens (including phenoxy) is 2. The average Bonchev–Trinajstić information content (AvgIpc) is 2.77. The van der Waals surface area contributed by atoms with E-state index in [4.69, 9.17) is 9.47 Å². The number of para-hydroxylation sites is 2. The second kappa shape index (κ2) is 9.72. The van der Waals surface area contributed by atoms with Crippen molar-refractivity contribution in [2.45, 2.75) is 25.1 Å². The molecule has 0 saturated carbocycles. The van der Waals surface area contributed by atoms with E-state index in [9.17, 15) is 22.8 Å². The monoisotopic (exact) mass is 436 g/mol. The molecule has 2 aromatic carbocycles. The minimum Gasteiger partial charge on any atom is -0.493 e. The largest absolute Gasteiger partial charge is 0.493 e. The molecular formula is C22H23F3N2O4. The molecule has 31 heavy (non-hydrogen) atoms. The predicted octanol–water partition coefficient (Wildman–Crippen LogP) is 3.51. The minimum absolute atomic E-state index is 0.122. The Kier molecular flexibility index (Phi) is 7.04. The number of nitrogens with one attached hydrogen (secondary N) is 1. The van der Waals surface area contributed by atoms with Crippen molar-refractivity contribution in [1.29, 1.82) is 0 Å². The third kappa shape index (κ3) is 5.90. The van der Waals surface area contributed by atoms with Crippen LogP contribution in [0.2, 0.25) is 0 Å². The van der Waals surface area contributed by atoms with E-state index in [-0.39, 0.29) is 24.1 Å². The van der Waals surface area contributed by atoms with Crippen LogP contribution in [-0.2, 0) is 11.0 Å². The van der Waals surface area contributed by atoms with Crippen molar-refractivity contribution in [2.24, 2.45) is 0 Å². The maximum atomic E-state index is 12.6. The molecule has 0 unspecified atom stereocenters. The molecule has 0 spiro atoms. The van der Waals surface area contributed by atoms with Crippen molar-refractivity contribution in [1.82, 2.24) is 10.2 Å². The number of carbonyl (C=O) groups excluding carboxylic acids is 2. The van der Waals surface area contributed by atoms with E-state index in [0.29, 0.717) is 37.4 Å². The lowest BCUT2D eigenvalue weighted by atomic mass is 10.0. The summed E-state index contributed by atoms with van der Waals surface area (Å²) >= 11 is 0. The predicted molar refractivity (Wildman–Crippen MR) is 107 cm³/mol. The van der Waals surface area contributed by atoms with Gasteiger partial charge in [-0.25, -0.2) is 0 Å². The van der Waals surface area contributed by atoms with Crippen LogP contribution in [0.3, 0.4) is 0 Å². The molecule has 9 heteroatoms. The van der Waals surface area contributed by atoms with Crippen LogP contribution in [0.4, 0.5) is 13.2 Å². The highest BCUT2D eigenvalue weighted by Gasteiger charge is 2.30. The fourth-order valence-corrected chi connectivity index (χ4v) is 3.32. The summed E-state index contributed by atoms with van der Waals surface area (Å²) in [6, 6.07) is 11.0. The zero-order valence-corrected chi connectivity index (χ0v) is 16.9. The minimum atomic E-state index is -4.44. The van der Waals surface area contributed by atoms with Crippen molar-refractivity contribution < 1.29 is 32.2 Å². The Morgan fingerprint density at radius 3 is 2.23 bits per heavy atom. The summed E-state index contributed by atoms with van der Waals surface area (Å²) in [7, 11) is 1.52. The number of amides is 2. The zero-order chi connectivity index (χ0) is 22.4. The molecule has 0 aromatic heterocycles. The molecule has 1 aliphatic heterocycles. The van der Waals surface area contributed by atoms with Gasteiger partial charge < -0.3 is 19.7 Å². The van der Waals surface area contributed by atoms with Gasteiger partial charge in [-0.3, -0.25) is 9.59 Å². The summed E-state index contributed by atoms with van der Waals surface area (Å²) in [5.41, 5.74) is -0.636. The Morgan fingerprint density at radius 2 is 1.65 bits per heavy atom. The van der Waals surface area contributed by atoms with Crippen LogP contribution in [0.15, 0.2) is 48.5 Å². The van der Waals surface area contributed by atoms with Gasteiger partial charge in [-0.05, 0) is 49.2 Å². The molecule has 0 atom stereocenters. The highest BCUT2D eigenvalue weighted by atomic mass is 19.4. The van der Waals surface area contributed by atoms with Crippen molar-refractivity contribution in [3.63, 3.8) is 0 Å². The van der Waals surface area contributed by atoms with Gasteiger partial charge in [-0.15, -0.1) is 0 Å². The lowest BCUT2D eigenvalue weighted by Gasteiger charge is -2.32. The summed E-state index contributed by atoms with van der Waals surface area (Å²) in [6.45, 7) is 0.779. The lowest BCUT2D eigenvalue weighted by Crippen LogP contribution is -2.47. The second-order valence-electron chi connectivity index (χ2n) is 7.14. The molecule has 2 amide bonds. The third-order valence-corrected chi connectivity index (χ3v) is 5.08. The fraction of sp³-hybridized carbons (Fsp3) is 0.364. The molecule has 166 valence electrons.